The van der Waals surface area contributed by atoms with Gasteiger partial charge in [-0.3, -0.25) is 9.78 Å². The fourth-order valence-electron chi connectivity index (χ4n) is 3.78. The minimum atomic E-state index is 0.154. The van der Waals surface area contributed by atoms with Crippen LogP contribution in [0.3, 0.4) is 0 Å². The van der Waals surface area contributed by atoms with E-state index in [1.165, 1.54) is 18.4 Å². The van der Waals surface area contributed by atoms with Gasteiger partial charge in [-0.25, -0.2) is 0 Å². The Morgan fingerprint density at radius 1 is 1.36 bits per heavy atom. The van der Waals surface area contributed by atoms with Crippen LogP contribution in [0.5, 0.6) is 0 Å². The number of hydrogen-bond acceptors (Lipinski definition) is 2. The monoisotopic (exact) mass is 302 g/mol. The van der Waals surface area contributed by atoms with Crippen LogP contribution in [0.25, 0.3) is 0 Å². The first-order valence-corrected chi connectivity index (χ1v) is 8.66. The second-order valence-corrected chi connectivity index (χ2v) is 7.41. The summed E-state index contributed by atoms with van der Waals surface area (Å²) >= 11 is 0. The number of amides is 1. The summed E-state index contributed by atoms with van der Waals surface area (Å²) in [5.41, 5.74) is 1.17. The molecular formula is C19H30N2O. The smallest absolute Gasteiger partial charge is 0.223 e. The van der Waals surface area contributed by atoms with Crippen LogP contribution in [-0.4, -0.2) is 16.9 Å². The minimum Gasteiger partial charge on any atom is -0.353 e. The Bertz CT molecular complexity index is 472. The molecule has 1 aromatic heterocycles. The van der Waals surface area contributed by atoms with Gasteiger partial charge in [-0.1, -0.05) is 33.3 Å². The maximum absolute atomic E-state index is 12.7. The molecule has 1 unspecified atom stereocenters. The quantitative estimate of drug-likeness (QED) is 0.898. The van der Waals surface area contributed by atoms with Gasteiger partial charge in [0.05, 0.1) is 0 Å². The lowest BCUT2D eigenvalue weighted by Crippen LogP contribution is -2.44. The summed E-state index contributed by atoms with van der Waals surface area (Å²) in [6.45, 7) is 8.86. The van der Waals surface area contributed by atoms with Gasteiger partial charge >= 0.3 is 0 Å². The molecule has 1 saturated carbocycles. The highest BCUT2D eigenvalue weighted by atomic mass is 16.1. The molecule has 1 aliphatic carbocycles. The number of carbonyl (C=O) groups is 1. The molecule has 122 valence electrons. The van der Waals surface area contributed by atoms with E-state index in [0.717, 1.165) is 12.8 Å². The van der Waals surface area contributed by atoms with E-state index in [1.807, 2.05) is 12.3 Å². The van der Waals surface area contributed by atoms with Crippen molar-refractivity contribution in [2.45, 2.75) is 59.4 Å². The highest BCUT2D eigenvalue weighted by Crippen LogP contribution is 2.38. The highest BCUT2D eigenvalue weighted by molar-refractivity contribution is 5.79. The van der Waals surface area contributed by atoms with E-state index >= 15 is 0 Å². The summed E-state index contributed by atoms with van der Waals surface area (Å²) in [7, 11) is 0. The summed E-state index contributed by atoms with van der Waals surface area (Å²) in [5, 5.41) is 3.24. The Balaban J connectivity index is 1.94. The average molecular weight is 302 g/mol. The molecule has 1 aromatic rings. The van der Waals surface area contributed by atoms with E-state index in [4.69, 9.17) is 0 Å². The molecule has 0 radical (unpaired) electrons. The molecule has 3 heteroatoms. The van der Waals surface area contributed by atoms with Gasteiger partial charge in [-0.2, -0.15) is 0 Å². The largest absolute Gasteiger partial charge is 0.353 e. The standard InChI is InChI=1S/C19H30N2O/c1-13(2)17-8-7-14(3)10-18(17)19(22)21-15(4)11-16-6-5-9-20-12-16/h5-6,9,12-15,17-18H,7-8,10-11H2,1-4H3,(H,21,22)/t14-,15?,17+,18-/m1/s1. The van der Waals surface area contributed by atoms with E-state index in [1.54, 1.807) is 6.20 Å². The zero-order valence-corrected chi connectivity index (χ0v) is 14.4. The van der Waals surface area contributed by atoms with Crippen LogP contribution in [0.1, 0.15) is 52.5 Å². The molecule has 0 aliphatic heterocycles. The Morgan fingerprint density at radius 3 is 2.77 bits per heavy atom. The van der Waals surface area contributed by atoms with Crippen molar-refractivity contribution < 1.29 is 4.79 Å². The summed E-state index contributed by atoms with van der Waals surface area (Å²) < 4.78 is 0. The van der Waals surface area contributed by atoms with E-state index < -0.39 is 0 Å². The van der Waals surface area contributed by atoms with Crippen LogP contribution in [0, 0.1) is 23.7 Å². The van der Waals surface area contributed by atoms with Gasteiger partial charge < -0.3 is 5.32 Å². The summed E-state index contributed by atoms with van der Waals surface area (Å²) in [6, 6.07) is 4.17. The van der Waals surface area contributed by atoms with Crippen molar-refractivity contribution in [1.82, 2.24) is 10.3 Å². The molecule has 1 amide bonds. The SMILES string of the molecule is CC(Cc1cccnc1)NC(=O)[C@@H]1C[C@H](C)CC[C@H]1C(C)C. The maximum Gasteiger partial charge on any atom is 0.223 e. The first-order chi connectivity index (χ1) is 10.5. The summed E-state index contributed by atoms with van der Waals surface area (Å²) in [4.78, 5) is 16.9. The zero-order chi connectivity index (χ0) is 16.1. The molecule has 2 rings (SSSR count). The fourth-order valence-corrected chi connectivity index (χ4v) is 3.78. The Labute approximate surface area is 134 Å². The van der Waals surface area contributed by atoms with Crippen molar-refractivity contribution >= 4 is 5.91 Å². The second kappa shape index (κ2) is 7.75. The van der Waals surface area contributed by atoms with Gasteiger partial charge in [0.15, 0.2) is 0 Å². The number of nitrogens with one attached hydrogen (secondary N) is 1. The van der Waals surface area contributed by atoms with E-state index in [0.29, 0.717) is 17.8 Å². The summed E-state index contributed by atoms with van der Waals surface area (Å²) in [6.07, 6.45) is 7.99. The molecule has 1 heterocycles. The molecule has 1 aliphatic rings. The molecule has 22 heavy (non-hydrogen) atoms. The lowest BCUT2D eigenvalue weighted by molar-refractivity contribution is -0.129. The number of carbonyl (C=O) groups excluding carboxylic acids is 1. The Kier molecular flexibility index (Phi) is 5.98. The van der Waals surface area contributed by atoms with Crippen molar-refractivity contribution in [2.75, 3.05) is 0 Å². The molecule has 0 saturated heterocycles. The lowest BCUT2D eigenvalue weighted by Gasteiger charge is -2.37. The van der Waals surface area contributed by atoms with Crippen molar-refractivity contribution in [2.24, 2.45) is 23.7 Å². The number of hydrogen-bond donors (Lipinski definition) is 1. The number of nitrogens with zero attached hydrogens (tertiary/aromatic N) is 1. The third kappa shape index (κ3) is 4.56. The predicted molar refractivity (Wildman–Crippen MR) is 90.4 cm³/mol. The highest BCUT2D eigenvalue weighted by Gasteiger charge is 2.35. The summed E-state index contributed by atoms with van der Waals surface area (Å²) in [5.74, 6) is 2.21. The van der Waals surface area contributed by atoms with Gasteiger partial charge in [0.2, 0.25) is 5.91 Å². The van der Waals surface area contributed by atoms with Crippen LogP contribution in [0.2, 0.25) is 0 Å². The van der Waals surface area contributed by atoms with E-state index in [-0.39, 0.29) is 17.9 Å². The Morgan fingerprint density at radius 2 is 2.14 bits per heavy atom. The third-order valence-corrected chi connectivity index (χ3v) is 5.01. The molecule has 0 aromatic carbocycles. The molecule has 0 bridgehead atoms. The van der Waals surface area contributed by atoms with Crippen molar-refractivity contribution in [3.05, 3.63) is 30.1 Å². The van der Waals surface area contributed by atoms with Crippen molar-refractivity contribution in [1.29, 1.82) is 0 Å². The topological polar surface area (TPSA) is 42.0 Å². The fraction of sp³-hybridized carbons (Fsp3) is 0.684. The van der Waals surface area contributed by atoms with Crippen molar-refractivity contribution in [3.8, 4) is 0 Å². The van der Waals surface area contributed by atoms with Gasteiger partial charge in [0.1, 0.15) is 0 Å². The van der Waals surface area contributed by atoms with Crippen LogP contribution >= 0.6 is 0 Å². The van der Waals surface area contributed by atoms with Crippen molar-refractivity contribution in [3.63, 3.8) is 0 Å². The molecule has 3 nitrogen and oxygen atoms in total. The van der Waals surface area contributed by atoms with Crippen LogP contribution in [-0.2, 0) is 11.2 Å². The first-order valence-electron chi connectivity index (χ1n) is 8.66. The second-order valence-electron chi connectivity index (χ2n) is 7.41. The normalized spacial score (nSPS) is 26.7. The van der Waals surface area contributed by atoms with E-state index in [9.17, 15) is 4.79 Å². The van der Waals surface area contributed by atoms with Gasteiger partial charge in [-0.15, -0.1) is 0 Å². The van der Waals surface area contributed by atoms with Crippen LogP contribution in [0.15, 0.2) is 24.5 Å². The Hall–Kier alpha value is -1.38. The van der Waals surface area contributed by atoms with Gasteiger partial charge in [-0.05, 0) is 55.6 Å². The molecule has 4 atom stereocenters. The maximum atomic E-state index is 12.7. The molecule has 1 fully saturated rings. The number of aromatic nitrogens is 1. The average Bonchev–Trinajstić information content (AvgIpc) is 2.47. The molecular weight excluding hydrogens is 272 g/mol. The molecule has 1 N–H and O–H groups in total. The molecule has 0 spiro atoms. The minimum absolute atomic E-state index is 0.154. The van der Waals surface area contributed by atoms with Gasteiger partial charge in [0.25, 0.3) is 0 Å². The van der Waals surface area contributed by atoms with Crippen LogP contribution in [0.4, 0.5) is 0 Å². The third-order valence-electron chi connectivity index (χ3n) is 5.01. The van der Waals surface area contributed by atoms with Crippen LogP contribution < -0.4 is 5.32 Å². The zero-order valence-electron chi connectivity index (χ0n) is 14.4. The number of rotatable bonds is 5. The predicted octanol–water partition coefficient (Wildman–Crippen LogP) is 3.84. The lowest BCUT2D eigenvalue weighted by atomic mass is 9.69. The first kappa shape index (κ1) is 17.0. The van der Waals surface area contributed by atoms with E-state index in [2.05, 4.69) is 44.1 Å². The number of pyridine rings is 1. The van der Waals surface area contributed by atoms with Gasteiger partial charge in [0, 0.05) is 24.4 Å².